The maximum absolute atomic E-state index is 14.8. The first-order valence-electron chi connectivity index (χ1n) is 12.1. The summed E-state index contributed by atoms with van der Waals surface area (Å²) >= 11 is 12.2. The van der Waals surface area contributed by atoms with Crippen LogP contribution < -0.4 is 9.91 Å². The molecule has 8 heteroatoms. The average Bonchev–Trinajstić information content (AvgIpc) is 3.40. The number of amides is 1. The molecule has 1 fully saturated rings. The highest BCUT2D eigenvalue weighted by molar-refractivity contribution is 7.80. The third kappa shape index (κ3) is 3.61. The van der Waals surface area contributed by atoms with Crippen LogP contribution >= 0.6 is 23.8 Å². The minimum atomic E-state index is -1.37. The van der Waals surface area contributed by atoms with Gasteiger partial charge in [0.05, 0.1) is 23.0 Å². The molecule has 0 aromatic heterocycles. The fourth-order valence-corrected chi connectivity index (χ4v) is 5.77. The molecule has 5 nitrogen and oxygen atoms in total. The number of carbonyl (C=O) groups is 1. The minimum absolute atomic E-state index is 0.235. The number of carbonyl (C=O) groups excluding carboxylic acids is 1. The number of halogens is 2. The van der Waals surface area contributed by atoms with Gasteiger partial charge in [-0.1, -0.05) is 72.3 Å². The Balaban J connectivity index is 1.64. The summed E-state index contributed by atoms with van der Waals surface area (Å²) in [6.07, 6.45) is 0. The van der Waals surface area contributed by atoms with Gasteiger partial charge in [0.2, 0.25) is 5.66 Å². The smallest absolute Gasteiger partial charge is 0.283 e. The first-order valence-corrected chi connectivity index (χ1v) is 12.8. The second-order valence-electron chi connectivity index (χ2n) is 9.17. The second-order valence-corrected chi connectivity index (χ2v) is 9.97. The molecule has 4 aromatic rings. The molecular weight excluding hydrogens is 519 g/mol. The topological polar surface area (TPSA) is 39.1 Å². The van der Waals surface area contributed by atoms with E-state index >= 15 is 0 Å². The van der Waals surface area contributed by atoms with E-state index in [-0.39, 0.29) is 11.7 Å². The van der Waals surface area contributed by atoms with E-state index in [0.29, 0.717) is 27.1 Å². The van der Waals surface area contributed by atoms with Crippen LogP contribution in [-0.2, 0) is 4.79 Å². The maximum Gasteiger partial charge on any atom is 0.283 e. The Labute approximate surface area is 230 Å². The number of benzene rings is 4. The van der Waals surface area contributed by atoms with Crippen molar-refractivity contribution in [1.29, 1.82) is 0 Å². The number of hydrogen-bond donors (Lipinski definition) is 0. The third-order valence-electron chi connectivity index (χ3n) is 7.07. The van der Waals surface area contributed by atoms with Gasteiger partial charge in [0.25, 0.3) is 5.91 Å². The van der Waals surface area contributed by atoms with Crippen molar-refractivity contribution in [3.8, 4) is 0 Å². The van der Waals surface area contributed by atoms with Crippen molar-refractivity contribution >= 4 is 51.9 Å². The lowest BCUT2D eigenvalue weighted by molar-refractivity contribution is -0.124. The molecule has 6 rings (SSSR count). The summed E-state index contributed by atoms with van der Waals surface area (Å²) in [4.78, 5) is 18.2. The van der Waals surface area contributed by atoms with Crippen molar-refractivity contribution in [3.63, 3.8) is 0 Å². The first kappa shape index (κ1) is 24.3. The quantitative estimate of drug-likeness (QED) is 0.279. The maximum atomic E-state index is 14.8. The minimum Gasteiger partial charge on any atom is -0.318 e. The number of hydrogen-bond acceptors (Lipinski definition) is 4. The van der Waals surface area contributed by atoms with Crippen molar-refractivity contribution in [1.82, 2.24) is 4.90 Å². The van der Waals surface area contributed by atoms with E-state index in [0.717, 1.165) is 11.3 Å². The second kappa shape index (κ2) is 9.35. The van der Waals surface area contributed by atoms with Crippen molar-refractivity contribution in [2.75, 3.05) is 17.0 Å². The van der Waals surface area contributed by atoms with Crippen LogP contribution in [0.1, 0.15) is 17.0 Å². The van der Waals surface area contributed by atoms with Gasteiger partial charge in [-0.3, -0.25) is 9.69 Å². The van der Waals surface area contributed by atoms with Crippen LogP contribution in [0.15, 0.2) is 114 Å². The Morgan fingerprint density at radius 2 is 1.42 bits per heavy atom. The molecule has 0 aliphatic carbocycles. The van der Waals surface area contributed by atoms with Crippen molar-refractivity contribution in [2.45, 2.75) is 11.6 Å². The Hall–Kier alpha value is -4.07. The Morgan fingerprint density at radius 1 is 0.842 bits per heavy atom. The van der Waals surface area contributed by atoms with Crippen molar-refractivity contribution < 1.29 is 9.18 Å². The predicted molar refractivity (Wildman–Crippen MR) is 153 cm³/mol. The molecule has 38 heavy (non-hydrogen) atoms. The number of rotatable bonds is 4. The van der Waals surface area contributed by atoms with E-state index in [4.69, 9.17) is 28.9 Å². The molecule has 188 valence electrons. The van der Waals surface area contributed by atoms with E-state index in [1.54, 1.807) is 34.2 Å². The number of thiocarbonyl (C=S) groups is 1. The molecule has 2 heterocycles. The van der Waals surface area contributed by atoms with Crippen LogP contribution in [0.3, 0.4) is 0 Å². The van der Waals surface area contributed by atoms with E-state index < -0.39 is 11.6 Å². The molecule has 2 unspecified atom stereocenters. The van der Waals surface area contributed by atoms with E-state index in [1.807, 2.05) is 84.7 Å². The molecule has 0 N–H and O–H groups in total. The van der Waals surface area contributed by atoms with E-state index in [2.05, 4.69) is 0 Å². The van der Waals surface area contributed by atoms with Crippen LogP contribution in [0.25, 0.3) is 0 Å². The fourth-order valence-electron chi connectivity index (χ4n) is 5.31. The number of hydrazone groups is 1. The van der Waals surface area contributed by atoms with Gasteiger partial charge in [-0.2, -0.15) is 5.10 Å². The molecule has 1 spiro atoms. The highest BCUT2D eigenvalue weighted by Gasteiger charge is 2.67. The molecule has 2 aliphatic rings. The highest BCUT2D eigenvalue weighted by Crippen LogP contribution is 2.51. The van der Waals surface area contributed by atoms with E-state index in [9.17, 15) is 9.18 Å². The monoisotopic (exact) mass is 540 g/mol. The number of anilines is 2. The predicted octanol–water partition coefficient (Wildman–Crippen LogP) is 6.45. The third-order valence-corrected chi connectivity index (χ3v) is 7.78. The lowest BCUT2D eigenvalue weighted by atomic mass is 9.79. The molecule has 0 bridgehead atoms. The first-order chi connectivity index (χ1) is 18.4. The summed E-state index contributed by atoms with van der Waals surface area (Å²) in [6.45, 7) is 0. The zero-order chi connectivity index (χ0) is 26.4. The normalized spacial score (nSPS) is 21.0. The molecule has 1 saturated heterocycles. The van der Waals surface area contributed by atoms with Gasteiger partial charge in [0.15, 0.2) is 5.11 Å². The number of likely N-dealkylation sites (N-methyl/N-ethyl adjacent to an activating group) is 1. The molecule has 1 amide bonds. The molecule has 2 aliphatic heterocycles. The molecular formula is C30H22ClFN4OS. The Bertz CT molecular complexity index is 1550. The SMILES string of the molecule is CN1C(=S)N(c2ccccc2)C(=O)C12C(c1ccc(Cl)cc1)C(c1ccc(F)cc1)=NN2c1ccccc1. The zero-order valence-electron chi connectivity index (χ0n) is 20.3. The molecule has 4 aromatic carbocycles. The van der Waals surface area contributed by atoms with Crippen LogP contribution in [0, 0.1) is 5.82 Å². The van der Waals surface area contributed by atoms with Gasteiger partial charge in [-0.15, -0.1) is 0 Å². The van der Waals surface area contributed by atoms with Crippen LogP contribution in [-0.4, -0.2) is 34.3 Å². The zero-order valence-corrected chi connectivity index (χ0v) is 21.9. The summed E-state index contributed by atoms with van der Waals surface area (Å²) < 4.78 is 13.9. The van der Waals surface area contributed by atoms with E-state index in [1.165, 1.54) is 12.1 Å². The van der Waals surface area contributed by atoms with Crippen molar-refractivity contribution in [3.05, 3.63) is 131 Å². The van der Waals surface area contributed by atoms with Crippen LogP contribution in [0.5, 0.6) is 0 Å². The lowest BCUT2D eigenvalue weighted by Gasteiger charge is -2.41. The molecule has 2 atom stereocenters. The van der Waals surface area contributed by atoms with Crippen LogP contribution in [0.4, 0.5) is 15.8 Å². The number of para-hydroxylation sites is 2. The van der Waals surface area contributed by atoms with Gasteiger partial charge in [0.1, 0.15) is 5.82 Å². The van der Waals surface area contributed by atoms with Gasteiger partial charge < -0.3 is 4.90 Å². The largest absolute Gasteiger partial charge is 0.318 e. The van der Waals surface area contributed by atoms with Gasteiger partial charge >= 0.3 is 0 Å². The average molecular weight is 541 g/mol. The number of nitrogens with zero attached hydrogens (tertiary/aromatic N) is 4. The fraction of sp³-hybridized carbons (Fsp3) is 0.100. The summed E-state index contributed by atoms with van der Waals surface area (Å²) in [5.41, 5.74) is 2.18. The van der Waals surface area contributed by atoms with Gasteiger partial charge in [-0.05, 0) is 71.9 Å². The summed E-state index contributed by atoms with van der Waals surface area (Å²) in [5.74, 6) is -1.18. The summed E-state index contributed by atoms with van der Waals surface area (Å²) in [7, 11) is 1.82. The standard InChI is InChI=1S/C30H22ClFN4OS/c1-34-29(38)35(24-8-4-2-5-9-24)28(37)30(34)26(20-12-16-22(31)17-13-20)27(21-14-18-23(32)19-15-21)33-36(30)25-10-6-3-7-11-25/h2-19,26H,1H3. The molecule has 0 saturated carbocycles. The summed E-state index contributed by atoms with van der Waals surface area (Å²) in [5, 5.41) is 7.77. The Morgan fingerprint density at radius 3 is 2.03 bits per heavy atom. The Kier molecular flexibility index (Phi) is 5.97. The van der Waals surface area contributed by atoms with Crippen LogP contribution in [0.2, 0.25) is 5.02 Å². The lowest BCUT2D eigenvalue weighted by Crippen LogP contribution is -2.61. The van der Waals surface area contributed by atoms with Gasteiger partial charge in [0, 0.05) is 12.1 Å². The van der Waals surface area contributed by atoms with Gasteiger partial charge in [-0.25, -0.2) is 9.40 Å². The van der Waals surface area contributed by atoms with Crippen molar-refractivity contribution in [2.24, 2.45) is 5.10 Å². The summed E-state index contributed by atoms with van der Waals surface area (Å²) in [6, 6.07) is 32.5. The molecule has 0 radical (unpaired) electrons. The highest BCUT2D eigenvalue weighted by atomic mass is 35.5.